The van der Waals surface area contributed by atoms with Crippen molar-refractivity contribution >= 4 is 22.6 Å². The first-order chi connectivity index (χ1) is 14.3. The van der Waals surface area contributed by atoms with Gasteiger partial charge >= 0.3 is 6.03 Å². The number of aliphatic hydroxyl groups is 1. The van der Waals surface area contributed by atoms with Crippen LogP contribution in [-0.4, -0.2) is 16.1 Å². The minimum absolute atomic E-state index is 0.486. The van der Waals surface area contributed by atoms with Gasteiger partial charge in [-0.25, -0.2) is 4.79 Å². The van der Waals surface area contributed by atoms with Gasteiger partial charge in [0.1, 0.15) is 5.60 Å². The number of nitriles is 1. The van der Waals surface area contributed by atoms with Crippen molar-refractivity contribution in [2.45, 2.75) is 62.9 Å². The molecule has 7 nitrogen and oxygen atoms in total. The van der Waals surface area contributed by atoms with Crippen LogP contribution in [-0.2, 0) is 42.2 Å². The van der Waals surface area contributed by atoms with Crippen molar-refractivity contribution in [2.24, 2.45) is 9.50 Å². The topological polar surface area (TPSA) is 124 Å². The molecule has 2 aromatic rings. The molecule has 2 aliphatic carbocycles. The lowest BCUT2D eigenvalue weighted by Gasteiger charge is -2.17. The number of aromatic nitrogens is 1. The molecular formula is C22H25N5O2S. The van der Waals surface area contributed by atoms with Crippen molar-refractivity contribution in [2.75, 3.05) is 5.32 Å². The molecule has 1 aromatic heterocycles. The number of rotatable bonds is 3. The summed E-state index contributed by atoms with van der Waals surface area (Å²) in [5, 5.41) is 28.8. The van der Waals surface area contributed by atoms with Crippen molar-refractivity contribution in [1.82, 2.24) is 4.98 Å². The third kappa shape index (κ3) is 3.76. The molecule has 2 aliphatic rings. The Morgan fingerprint density at radius 3 is 2.30 bits per heavy atom. The predicted molar refractivity (Wildman–Crippen MR) is 116 cm³/mol. The molecule has 8 heteroatoms. The van der Waals surface area contributed by atoms with E-state index in [-0.39, 0.29) is 0 Å². The van der Waals surface area contributed by atoms with Crippen molar-refractivity contribution in [3.63, 3.8) is 0 Å². The Labute approximate surface area is 178 Å². The molecule has 0 aliphatic heterocycles. The fraction of sp³-hybridized carbons (Fsp3) is 0.409. The Morgan fingerprint density at radius 1 is 1.20 bits per heavy atom. The Hall–Kier alpha value is -2.60. The first-order valence-electron chi connectivity index (χ1n) is 10.1. The highest BCUT2D eigenvalue weighted by atomic mass is 32.2. The summed E-state index contributed by atoms with van der Waals surface area (Å²) in [6.45, 7) is 3.31. The first kappa shape index (κ1) is 20.7. The van der Waals surface area contributed by atoms with E-state index in [0.29, 0.717) is 10.6 Å². The smallest absolute Gasteiger partial charge is 0.352 e. The molecule has 0 radical (unpaired) electrons. The van der Waals surface area contributed by atoms with Gasteiger partial charge in [0.15, 0.2) is 0 Å². The quantitative estimate of drug-likeness (QED) is 0.698. The summed E-state index contributed by atoms with van der Waals surface area (Å²) >= 11 is 0. The van der Waals surface area contributed by atoms with Crippen LogP contribution >= 0.6 is 0 Å². The minimum Gasteiger partial charge on any atom is -0.384 e. The second-order valence-corrected chi connectivity index (χ2v) is 9.54. The summed E-state index contributed by atoms with van der Waals surface area (Å²) in [5.41, 5.74) is 5.50. The number of carbonyl (C=O) groups excluding carboxylic acids is 1. The number of hydrogen-bond acceptors (Lipinski definition) is 4. The number of benzene rings is 1. The summed E-state index contributed by atoms with van der Waals surface area (Å²) in [4.78, 5) is 17.5. The Balaban J connectivity index is 1.62. The summed E-state index contributed by atoms with van der Waals surface area (Å²) < 4.78 is 4.12. The van der Waals surface area contributed by atoms with Crippen LogP contribution in [0.2, 0.25) is 0 Å². The highest BCUT2D eigenvalue weighted by molar-refractivity contribution is 7.85. The molecule has 1 unspecified atom stereocenters. The average molecular weight is 424 g/mol. The van der Waals surface area contributed by atoms with Crippen molar-refractivity contribution in [1.29, 1.82) is 5.26 Å². The molecule has 1 aromatic carbocycles. The van der Waals surface area contributed by atoms with Gasteiger partial charge in [0.25, 0.3) is 0 Å². The average Bonchev–Trinajstić information content (AvgIpc) is 3.37. The van der Waals surface area contributed by atoms with Crippen LogP contribution in [0, 0.1) is 11.3 Å². The lowest BCUT2D eigenvalue weighted by molar-refractivity contribution is 0.0737. The number of hydrogen-bond donors (Lipinski definition) is 3. The zero-order valence-electron chi connectivity index (χ0n) is 17.2. The van der Waals surface area contributed by atoms with Gasteiger partial charge in [0.2, 0.25) is 0 Å². The summed E-state index contributed by atoms with van der Waals surface area (Å²) in [7, 11) is -1.16. The van der Waals surface area contributed by atoms with E-state index in [1.165, 1.54) is 0 Å². The molecule has 4 rings (SSSR count). The van der Waals surface area contributed by atoms with E-state index in [9.17, 15) is 15.2 Å². The predicted octanol–water partition coefficient (Wildman–Crippen LogP) is 3.42. The maximum atomic E-state index is 12.7. The van der Waals surface area contributed by atoms with Gasteiger partial charge in [0, 0.05) is 22.8 Å². The van der Waals surface area contributed by atoms with Gasteiger partial charge in [-0.3, -0.25) is 10.1 Å². The number of nitrogens with one attached hydrogen (secondary N) is 1. The number of amides is 2. The summed E-state index contributed by atoms with van der Waals surface area (Å²) in [6, 6.07) is 5.34. The maximum absolute atomic E-state index is 12.7. The van der Waals surface area contributed by atoms with Crippen LogP contribution in [0.1, 0.15) is 60.2 Å². The van der Waals surface area contributed by atoms with Gasteiger partial charge in [-0.15, -0.1) is 0 Å². The van der Waals surface area contributed by atoms with Crippen LogP contribution in [0.5, 0.6) is 0 Å². The second kappa shape index (κ2) is 7.91. The molecule has 1 heterocycles. The van der Waals surface area contributed by atoms with Gasteiger partial charge in [0.05, 0.1) is 22.2 Å². The van der Waals surface area contributed by atoms with Crippen LogP contribution in [0.4, 0.5) is 10.5 Å². The molecular weight excluding hydrogens is 398 g/mol. The summed E-state index contributed by atoms with van der Waals surface area (Å²) in [6.07, 6.45) is 7.02. The second-order valence-electron chi connectivity index (χ2n) is 8.26. The number of nitrogens with zero attached hydrogens (tertiary/aromatic N) is 3. The van der Waals surface area contributed by atoms with Gasteiger partial charge in [-0.2, -0.15) is 9.62 Å². The highest BCUT2D eigenvalue weighted by Gasteiger charge is 2.29. The van der Waals surface area contributed by atoms with Crippen LogP contribution in [0.15, 0.2) is 27.6 Å². The molecule has 30 heavy (non-hydrogen) atoms. The number of nitrogens with two attached hydrogens (primary N) is 1. The third-order valence-corrected chi connectivity index (χ3v) is 6.86. The number of pyridine rings is 1. The van der Waals surface area contributed by atoms with E-state index < -0.39 is 22.5 Å². The molecule has 156 valence electrons. The van der Waals surface area contributed by atoms with E-state index in [0.717, 1.165) is 72.0 Å². The number of fused-ring (bicyclic) bond motifs is 2. The Kier molecular flexibility index (Phi) is 5.45. The molecule has 1 atom stereocenters. The zero-order chi connectivity index (χ0) is 21.5. The van der Waals surface area contributed by atoms with E-state index in [1.54, 1.807) is 32.2 Å². The molecule has 0 bridgehead atoms. The monoisotopic (exact) mass is 423 g/mol. The van der Waals surface area contributed by atoms with Crippen LogP contribution in [0.3, 0.4) is 0 Å². The minimum atomic E-state index is -1.16. The normalized spacial score (nSPS) is 16.1. The van der Waals surface area contributed by atoms with E-state index >= 15 is 0 Å². The Morgan fingerprint density at radius 2 is 1.80 bits per heavy atom. The Bertz CT molecular complexity index is 1060. The molecule has 0 spiro atoms. The highest BCUT2D eigenvalue weighted by Crippen LogP contribution is 2.41. The largest absolute Gasteiger partial charge is 0.384 e. The molecule has 0 saturated carbocycles. The number of urea groups is 1. The van der Waals surface area contributed by atoms with Crippen LogP contribution in [0.25, 0.3) is 0 Å². The standard InChI is InChI=1S/C22H25N5O2S/c1-22(2,29)19-10-9-13(12-25-19)30(24)27-21(28)26-20-16-7-3-5-14(16)18(11-23)15-6-4-8-17(15)20/h9-10,12,29H,3-8H2,1-2H3,(H3,24,26,27,28). The van der Waals surface area contributed by atoms with E-state index in [1.807, 2.05) is 0 Å². The first-order valence-corrected chi connectivity index (χ1v) is 11.3. The lowest BCUT2D eigenvalue weighted by Crippen LogP contribution is -2.18. The molecule has 0 fully saturated rings. The molecule has 4 N–H and O–H groups in total. The van der Waals surface area contributed by atoms with Crippen molar-refractivity contribution in [3.8, 4) is 6.07 Å². The SMILES string of the molecule is CC(C)(O)c1ccc(S(N)=NC(=O)Nc2c3c(c(C#N)c4c2CCC4)CCC3)cn1. The molecule has 0 saturated heterocycles. The van der Waals surface area contributed by atoms with E-state index in [2.05, 4.69) is 20.7 Å². The molecule has 2 amide bonds. The third-order valence-electron chi connectivity index (χ3n) is 5.77. The summed E-state index contributed by atoms with van der Waals surface area (Å²) in [5.74, 6) is 0. The van der Waals surface area contributed by atoms with Crippen molar-refractivity contribution < 1.29 is 9.90 Å². The van der Waals surface area contributed by atoms with Crippen LogP contribution < -0.4 is 10.5 Å². The number of carbonyl (C=O) groups is 1. The fourth-order valence-electron chi connectivity index (χ4n) is 4.38. The van der Waals surface area contributed by atoms with Gasteiger partial charge < -0.3 is 10.4 Å². The fourth-order valence-corrected chi connectivity index (χ4v) is 5.08. The van der Waals surface area contributed by atoms with Gasteiger partial charge in [-0.05, 0) is 86.8 Å². The maximum Gasteiger partial charge on any atom is 0.352 e. The zero-order valence-corrected chi connectivity index (χ0v) is 18.0. The lowest BCUT2D eigenvalue weighted by atomic mass is 9.93. The number of anilines is 1. The van der Waals surface area contributed by atoms with Crippen molar-refractivity contribution in [3.05, 3.63) is 51.8 Å². The van der Waals surface area contributed by atoms with E-state index in [4.69, 9.17) is 5.14 Å². The van der Waals surface area contributed by atoms with Gasteiger partial charge in [-0.1, -0.05) is 0 Å².